The van der Waals surface area contributed by atoms with Gasteiger partial charge in [-0.3, -0.25) is 0 Å². The van der Waals surface area contributed by atoms with E-state index in [1.165, 1.54) is 0 Å². The molecule has 3 heteroatoms. The lowest BCUT2D eigenvalue weighted by atomic mass is 10.1. The highest BCUT2D eigenvalue weighted by molar-refractivity contribution is 7.79. The van der Waals surface area contributed by atoms with Gasteiger partial charge >= 0.3 is 0 Å². The molecule has 0 aliphatic heterocycles. The number of thiol groups is 2. The van der Waals surface area contributed by atoms with Crippen LogP contribution in [0.2, 0.25) is 0 Å². The third kappa shape index (κ3) is 2.07. The van der Waals surface area contributed by atoms with Crippen molar-refractivity contribution in [3.8, 4) is 5.75 Å². The summed E-state index contributed by atoms with van der Waals surface area (Å²) in [6.45, 7) is 0. The first-order chi connectivity index (χ1) is 5.27. The Labute approximate surface area is 77.3 Å². The van der Waals surface area contributed by atoms with E-state index in [1.54, 1.807) is 12.1 Å². The highest BCUT2D eigenvalue weighted by Crippen LogP contribution is 2.19. The Morgan fingerprint density at radius 2 is 1.73 bits per heavy atom. The lowest BCUT2D eigenvalue weighted by Gasteiger charge is -2.03. The lowest BCUT2D eigenvalue weighted by Crippen LogP contribution is -1.86. The van der Waals surface area contributed by atoms with Crippen LogP contribution in [0.5, 0.6) is 5.75 Å². The van der Waals surface area contributed by atoms with Crippen molar-refractivity contribution in [2.45, 2.75) is 11.5 Å². The molecular weight excluding hydrogens is 176 g/mol. The topological polar surface area (TPSA) is 20.2 Å². The molecule has 1 aromatic rings. The maximum absolute atomic E-state index is 9.11. The summed E-state index contributed by atoms with van der Waals surface area (Å²) in [6, 6.07) is 5.25. The van der Waals surface area contributed by atoms with Gasteiger partial charge in [0, 0.05) is 11.5 Å². The average molecular weight is 186 g/mol. The standard InChI is InChI=1S/C8H10OS2/c9-8-2-1-6(4-10)7(3-8)5-11/h1-3,9-11H,4-5H2. The van der Waals surface area contributed by atoms with Gasteiger partial charge < -0.3 is 5.11 Å². The molecule has 0 aliphatic rings. The summed E-state index contributed by atoms with van der Waals surface area (Å²) >= 11 is 8.29. The van der Waals surface area contributed by atoms with Gasteiger partial charge in [-0.05, 0) is 23.3 Å². The molecule has 0 aliphatic carbocycles. The second-order valence-electron chi connectivity index (χ2n) is 2.27. The first-order valence-electron chi connectivity index (χ1n) is 3.30. The van der Waals surface area contributed by atoms with Crippen LogP contribution in [0.4, 0.5) is 0 Å². The first-order valence-corrected chi connectivity index (χ1v) is 4.57. The quantitative estimate of drug-likeness (QED) is 0.605. The van der Waals surface area contributed by atoms with Crippen LogP contribution >= 0.6 is 25.3 Å². The SMILES string of the molecule is Oc1ccc(CS)c(CS)c1. The van der Waals surface area contributed by atoms with E-state index in [1.807, 2.05) is 6.07 Å². The van der Waals surface area contributed by atoms with Crippen molar-refractivity contribution in [3.05, 3.63) is 29.3 Å². The monoisotopic (exact) mass is 186 g/mol. The Hall–Kier alpha value is -0.280. The second kappa shape index (κ2) is 3.93. The number of benzene rings is 1. The summed E-state index contributed by atoms with van der Waals surface area (Å²) in [6.07, 6.45) is 0. The molecule has 0 heterocycles. The zero-order valence-electron chi connectivity index (χ0n) is 5.99. The van der Waals surface area contributed by atoms with Crippen LogP contribution in [0.25, 0.3) is 0 Å². The summed E-state index contributed by atoms with van der Waals surface area (Å²) in [7, 11) is 0. The molecule has 0 radical (unpaired) electrons. The Bertz CT molecular complexity index is 248. The minimum absolute atomic E-state index is 0.291. The molecule has 1 rings (SSSR count). The number of hydrogen-bond acceptors (Lipinski definition) is 3. The van der Waals surface area contributed by atoms with Gasteiger partial charge in [-0.1, -0.05) is 6.07 Å². The van der Waals surface area contributed by atoms with E-state index in [0.29, 0.717) is 17.3 Å². The number of phenols is 1. The van der Waals surface area contributed by atoms with Gasteiger partial charge in [0.1, 0.15) is 5.75 Å². The van der Waals surface area contributed by atoms with Crippen molar-refractivity contribution in [3.63, 3.8) is 0 Å². The van der Waals surface area contributed by atoms with Crippen LogP contribution in [0.15, 0.2) is 18.2 Å². The highest BCUT2D eigenvalue weighted by Gasteiger charge is 1.99. The molecule has 60 valence electrons. The molecule has 0 fully saturated rings. The molecule has 0 atom stereocenters. The van der Waals surface area contributed by atoms with E-state index in [0.717, 1.165) is 11.1 Å². The van der Waals surface area contributed by atoms with Gasteiger partial charge in [0.25, 0.3) is 0 Å². The van der Waals surface area contributed by atoms with Crippen molar-refractivity contribution in [2.24, 2.45) is 0 Å². The van der Waals surface area contributed by atoms with Crippen LogP contribution in [-0.2, 0) is 11.5 Å². The second-order valence-corrected chi connectivity index (χ2v) is 2.90. The van der Waals surface area contributed by atoms with E-state index in [4.69, 9.17) is 5.11 Å². The summed E-state index contributed by atoms with van der Waals surface area (Å²) in [5.41, 5.74) is 2.17. The van der Waals surface area contributed by atoms with Crippen molar-refractivity contribution in [1.82, 2.24) is 0 Å². The minimum Gasteiger partial charge on any atom is -0.508 e. The molecule has 0 saturated heterocycles. The fourth-order valence-electron chi connectivity index (χ4n) is 0.914. The third-order valence-corrected chi connectivity index (χ3v) is 2.21. The molecule has 1 aromatic carbocycles. The number of phenolic OH excluding ortho intramolecular Hbond substituents is 1. The molecule has 1 N–H and O–H groups in total. The molecule has 0 unspecified atom stereocenters. The van der Waals surface area contributed by atoms with E-state index in [2.05, 4.69) is 25.3 Å². The van der Waals surface area contributed by atoms with Gasteiger partial charge in [-0.25, -0.2) is 0 Å². The number of hydrogen-bond donors (Lipinski definition) is 3. The van der Waals surface area contributed by atoms with E-state index in [9.17, 15) is 0 Å². The molecule has 11 heavy (non-hydrogen) atoms. The fraction of sp³-hybridized carbons (Fsp3) is 0.250. The van der Waals surface area contributed by atoms with Crippen molar-refractivity contribution in [2.75, 3.05) is 0 Å². The summed E-state index contributed by atoms with van der Waals surface area (Å²) in [5, 5.41) is 9.11. The fourth-order valence-corrected chi connectivity index (χ4v) is 1.52. The molecule has 0 amide bonds. The lowest BCUT2D eigenvalue weighted by molar-refractivity contribution is 0.474. The predicted molar refractivity (Wildman–Crippen MR) is 53.5 cm³/mol. The van der Waals surface area contributed by atoms with Crippen molar-refractivity contribution in [1.29, 1.82) is 0 Å². The van der Waals surface area contributed by atoms with Crippen LogP contribution in [0, 0.1) is 0 Å². The van der Waals surface area contributed by atoms with Gasteiger partial charge in [0.2, 0.25) is 0 Å². The molecule has 0 bridgehead atoms. The van der Waals surface area contributed by atoms with E-state index < -0.39 is 0 Å². The Morgan fingerprint density at radius 3 is 2.27 bits per heavy atom. The maximum atomic E-state index is 9.11. The minimum atomic E-state index is 0.291. The Morgan fingerprint density at radius 1 is 1.09 bits per heavy atom. The van der Waals surface area contributed by atoms with Crippen LogP contribution in [-0.4, -0.2) is 5.11 Å². The zero-order valence-corrected chi connectivity index (χ0v) is 7.78. The van der Waals surface area contributed by atoms with Crippen molar-refractivity contribution < 1.29 is 5.11 Å². The number of rotatable bonds is 2. The normalized spacial score (nSPS) is 10.0. The molecule has 0 aromatic heterocycles. The average Bonchev–Trinajstić information content (AvgIpc) is 2.04. The Kier molecular flexibility index (Phi) is 3.15. The van der Waals surface area contributed by atoms with E-state index in [-0.39, 0.29) is 0 Å². The summed E-state index contributed by atoms with van der Waals surface area (Å²) in [5.74, 6) is 1.63. The smallest absolute Gasteiger partial charge is 0.115 e. The Balaban J connectivity index is 3.06. The van der Waals surface area contributed by atoms with Gasteiger partial charge in [0.15, 0.2) is 0 Å². The van der Waals surface area contributed by atoms with Crippen LogP contribution in [0.1, 0.15) is 11.1 Å². The molecule has 1 nitrogen and oxygen atoms in total. The maximum Gasteiger partial charge on any atom is 0.115 e. The van der Waals surface area contributed by atoms with Crippen LogP contribution < -0.4 is 0 Å². The predicted octanol–water partition coefficient (Wildman–Crippen LogP) is 2.25. The number of aromatic hydroxyl groups is 1. The third-order valence-electron chi connectivity index (χ3n) is 1.53. The van der Waals surface area contributed by atoms with Crippen LogP contribution in [0.3, 0.4) is 0 Å². The molecule has 0 spiro atoms. The molecular formula is C8H10OS2. The van der Waals surface area contributed by atoms with Gasteiger partial charge in [0.05, 0.1) is 0 Å². The summed E-state index contributed by atoms with van der Waals surface area (Å²) < 4.78 is 0. The van der Waals surface area contributed by atoms with Crippen molar-refractivity contribution >= 4 is 25.3 Å². The largest absolute Gasteiger partial charge is 0.508 e. The zero-order chi connectivity index (χ0) is 8.27. The first kappa shape index (κ1) is 8.81. The molecule has 0 saturated carbocycles. The van der Waals surface area contributed by atoms with Gasteiger partial charge in [-0.15, -0.1) is 0 Å². The van der Waals surface area contributed by atoms with E-state index >= 15 is 0 Å². The summed E-state index contributed by atoms with van der Waals surface area (Å²) in [4.78, 5) is 0. The highest BCUT2D eigenvalue weighted by atomic mass is 32.1. The van der Waals surface area contributed by atoms with Gasteiger partial charge in [-0.2, -0.15) is 25.3 Å².